The van der Waals surface area contributed by atoms with Crippen LogP contribution in [0.25, 0.3) is 0 Å². The summed E-state index contributed by atoms with van der Waals surface area (Å²) in [4.78, 5) is 2.20. The van der Waals surface area contributed by atoms with Crippen molar-refractivity contribution in [1.29, 1.82) is 5.26 Å². The van der Waals surface area contributed by atoms with Crippen molar-refractivity contribution in [2.45, 2.75) is 0 Å². The maximum absolute atomic E-state index is 8.71. The van der Waals surface area contributed by atoms with Gasteiger partial charge >= 0.3 is 5.96 Å². The standard InChI is InChI=1S/C11H14N4/c1-13-7-8-14(2)11(13)15-5-3-10(9-12)4-6-15/h3-6H,7-8H2,1-2H3/q+2. The van der Waals surface area contributed by atoms with Crippen molar-refractivity contribution in [3.8, 4) is 6.07 Å². The molecule has 76 valence electrons. The molecule has 0 saturated carbocycles. The lowest BCUT2D eigenvalue weighted by Gasteiger charge is -2.00. The van der Waals surface area contributed by atoms with Gasteiger partial charge in [-0.25, -0.2) is 0 Å². The largest absolute Gasteiger partial charge is 0.527 e. The molecule has 0 bridgehead atoms. The van der Waals surface area contributed by atoms with Crippen LogP contribution in [0.3, 0.4) is 0 Å². The fraction of sp³-hybridized carbons (Fsp3) is 0.364. The number of rotatable bonds is 0. The molecular weight excluding hydrogens is 188 g/mol. The molecule has 0 aliphatic carbocycles. The Morgan fingerprint density at radius 1 is 1.40 bits per heavy atom. The lowest BCUT2D eigenvalue weighted by atomic mass is 10.3. The quantitative estimate of drug-likeness (QED) is 0.538. The molecule has 0 amide bonds. The Hall–Kier alpha value is -1.89. The van der Waals surface area contributed by atoms with E-state index in [1.807, 2.05) is 29.1 Å². The lowest BCUT2D eigenvalue weighted by molar-refractivity contribution is -0.634. The second-order valence-corrected chi connectivity index (χ2v) is 3.75. The molecule has 2 rings (SSSR count). The lowest BCUT2D eigenvalue weighted by Crippen LogP contribution is -2.52. The monoisotopic (exact) mass is 202 g/mol. The molecule has 0 spiro atoms. The van der Waals surface area contributed by atoms with Gasteiger partial charge in [0.1, 0.15) is 26.5 Å². The van der Waals surface area contributed by atoms with Crippen LogP contribution in [0, 0.1) is 11.3 Å². The molecule has 1 aromatic rings. The summed E-state index contributed by atoms with van der Waals surface area (Å²) in [5, 5.41) is 8.71. The number of aromatic nitrogens is 1. The van der Waals surface area contributed by atoms with E-state index < -0.39 is 0 Å². The molecule has 2 heterocycles. The predicted molar refractivity (Wildman–Crippen MR) is 55.4 cm³/mol. The number of pyridine rings is 1. The summed E-state index contributed by atoms with van der Waals surface area (Å²) in [5.74, 6) is 1.15. The highest BCUT2D eigenvalue weighted by atomic mass is 15.4. The van der Waals surface area contributed by atoms with Crippen LogP contribution in [-0.4, -0.2) is 42.6 Å². The zero-order chi connectivity index (χ0) is 10.8. The van der Waals surface area contributed by atoms with Crippen molar-refractivity contribution in [3.05, 3.63) is 30.1 Å². The first-order chi connectivity index (χ1) is 7.22. The molecule has 4 heteroatoms. The second-order valence-electron chi connectivity index (χ2n) is 3.75. The number of hydrogen-bond donors (Lipinski definition) is 0. The Balaban J connectivity index is 2.38. The van der Waals surface area contributed by atoms with Crippen LogP contribution < -0.4 is 4.57 Å². The summed E-state index contributed by atoms with van der Waals surface area (Å²) in [6.07, 6.45) is 3.85. The van der Waals surface area contributed by atoms with Gasteiger partial charge in [-0.1, -0.05) is 0 Å². The zero-order valence-corrected chi connectivity index (χ0v) is 9.01. The van der Waals surface area contributed by atoms with Gasteiger partial charge in [-0.3, -0.25) is 0 Å². The smallest absolute Gasteiger partial charge is 0.192 e. The fourth-order valence-corrected chi connectivity index (χ4v) is 1.82. The van der Waals surface area contributed by atoms with E-state index in [-0.39, 0.29) is 0 Å². The van der Waals surface area contributed by atoms with E-state index in [4.69, 9.17) is 5.26 Å². The maximum Gasteiger partial charge on any atom is 0.527 e. The minimum atomic E-state index is 0.690. The van der Waals surface area contributed by atoms with E-state index in [1.165, 1.54) is 0 Å². The highest BCUT2D eigenvalue weighted by Crippen LogP contribution is 1.96. The van der Waals surface area contributed by atoms with Crippen molar-refractivity contribution < 1.29 is 9.14 Å². The number of nitrogens with zero attached hydrogens (tertiary/aromatic N) is 4. The predicted octanol–water partition coefficient (Wildman–Crippen LogP) is -0.362. The number of nitriles is 1. The van der Waals surface area contributed by atoms with Crippen molar-refractivity contribution in [3.63, 3.8) is 0 Å². The van der Waals surface area contributed by atoms with E-state index >= 15 is 0 Å². The third kappa shape index (κ3) is 1.68. The molecule has 0 N–H and O–H groups in total. The molecule has 4 nitrogen and oxygen atoms in total. The van der Waals surface area contributed by atoms with Crippen molar-refractivity contribution >= 4 is 5.96 Å². The Morgan fingerprint density at radius 2 is 2.07 bits per heavy atom. The molecule has 1 aromatic heterocycles. The molecule has 0 saturated heterocycles. The molecule has 0 atom stereocenters. The number of likely N-dealkylation sites (N-methyl/N-ethyl adjacent to an activating group) is 2. The van der Waals surface area contributed by atoms with Crippen LogP contribution in [0.5, 0.6) is 0 Å². The van der Waals surface area contributed by atoms with E-state index in [9.17, 15) is 0 Å². The Bertz CT molecular complexity index is 439. The van der Waals surface area contributed by atoms with Gasteiger partial charge in [0.25, 0.3) is 0 Å². The van der Waals surface area contributed by atoms with Crippen LogP contribution in [0.4, 0.5) is 0 Å². The summed E-state index contributed by atoms with van der Waals surface area (Å²) in [7, 11) is 4.15. The summed E-state index contributed by atoms with van der Waals surface area (Å²) in [6.45, 7) is 2.08. The first-order valence-corrected chi connectivity index (χ1v) is 4.93. The first-order valence-electron chi connectivity index (χ1n) is 4.93. The second kappa shape index (κ2) is 3.70. The van der Waals surface area contributed by atoms with Crippen LogP contribution in [0.15, 0.2) is 24.5 Å². The summed E-state index contributed by atoms with van der Waals surface area (Å²) < 4.78 is 4.24. The van der Waals surface area contributed by atoms with Gasteiger partial charge in [0.15, 0.2) is 13.1 Å². The van der Waals surface area contributed by atoms with Gasteiger partial charge in [-0.2, -0.15) is 14.7 Å². The van der Waals surface area contributed by atoms with Crippen LogP contribution in [0.1, 0.15) is 5.56 Å². The van der Waals surface area contributed by atoms with Crippen molar-refractivity contribution in [2.75, 3.05) is 27.2 Å². The van der Waals surface area contributed by atoms with E-state index in [0.29, 0.717) is 5.56 Å². The van der Waals surface area contributed by atoms with Gasteiger partial charge in [-0.05, 0) is 0 Å². The molecule has 0 unspecified atom stereocenters. The van der Waals surface area contributed by atoms with Crippen molar-refractivity contribution in [2.24, 2.45) is 0 Å². The Labute approximate surface area is 89.3 Å². The minimum absolute atomic E-state index is 0.690. The van der Waals surface area contributed by atoms with Gasteiger partial charge in [0.2, 0.25) is 0 Å². The van der Waals surface area contributed by atoms with Crippen molar-refractivity contribution in [1.82, 2.24) is 4.90 Å². The maximum atomic E-state index is 8.71. The molecule has 15 heavy (non-hydrogen) atoms. The van der Waals surface area contributed by atoms with Gasteiger partial charge in [-0.15, -0.1) is 4.57 Å². The van der Waals surface area contributed by atoms with E-state index in [2.05, 4.69) is 29.6 Å². The van der Waals surface area contributed by atoms with Gasteiger partial charge in [0, 0.05) is 12.1 Å². The zero-order valence-electron chi connectivity index (χ0n) is 9.01. The van der Waals surface area contributed by atoms with Crippen LogP contribution in [0.2, 0.25) is 0 Å². The summed E-state index contributed by atoms with van der Waals surface area (Å²) in [5.41, 5.74) is 0.690. The van der Waals surface area contributed by atoms with E-state index in [0.717, 1.165) is 19.0 Å². The highest BCUT2D eigenvalue weighted by molar-refractivity contribution is 5.66. The van der Waals surface area contributed by atoms with Gasteiger partial charge in [0.05, 0.1) is 11.6 Å². The molecule has 0 aromatic carbocycles. The molecule has 0 fully saturated rings. The summed E-state index contributed by atoms with van der Waals surface area (Å²) in [6, 6.07) is 5.77. The van der Waals surface area contributed by atoms with Crippen LogP contribution >= 0.6 is 0 Å². The molecule has 1 aliphatic rings. The first kappa shape index (κ1) is 9.66. The Morgan fingerprint density at radius 3 is 2.53 bits per heavy atom. The van der Waals surface area contributed by atoms with Crippen LogP contribution in [-0.2, 0) is 0 Å². The fourth-order valence-electron chi connectivity index (χ4n) is 1.82. The molecule has 0 radical (unpaired) electrons. The third-order valence-electron chi connectivity index (χ3n) is 2.64. The average Bonchev–Trinajstić information content (AvgIpc) is 2.59. The molecular formula is C11H14N4+2. The van der Waals surface area contributed by atoms with E-state index in [1.54, 1.807) is 0 Å². The SMILES string of the molecule is CN1CC[N+](C)=C1[n+]1ccc(C#N)cc1. The summed E-state index contributed by atoms with van der Waals surface area (Å²) >= 11 is 0. The highest BCUT2D eigenvalue weighted by Gasteiger charge is 2.34. The minimum Gasteiger partial charge on any atom is -0.192 e. The average molecular weight is 202 g/mol. The topological polar surface area (TPSA) is 33.9 Å². The molecule has 1 aliphatic heterocycles. The number of hydrogen-bond acceptors (Lipinski definition) is 2. The third-order valence-corrected chi connectivity index (χ3v) is 2.64. The van der Waals surface area contributed by atoms with Gasteiger partial charge < -0.3 is 0 Å². The normalized spacial score (nSPS) is 15.7. The Kier molecular flexibility index (Phi) is 2.38.